The molecule has 0 nitrogen and oxygen atoms in total. The second-order valence-corrected chi connectivity index (χ2v) is 5.70. The number of hydrogen-bond acceptors (Lipinski definition) is 0. The van der Waals surface area contributed by atoms with Crippen LogP contribution in [0.1, 0.15) is 84.1 Å². The SMILES string of the molecule is CCCCCCCCCCC.CCc1cc(F)c(F)c(F)c1. The third-order valence-electron chi connectivity index (χ3n) is 3.66. The molecule has 128 valence electrons. The molecule has 0 fully saturated rings. The summed E-state index contributed by atoms with van der Waals surface area (Å²) in [4.78, 5) is 0. The Morgan fingerprint density at radius 2 is 1.00 bits per heavy atom. The van der Waals surface area contributed by atoms with Crippen LogP contribution >= 0.6 is 0 Å². The lowest BCUT2D eigenvalue weighted by Crippen LogP contribution is -1.92. The Hall–Kier alpha value is -0.990. The van der Waals surface area contributed by atoms with Gasteiger partial charge in [-0.1, -0.05) is 78.6 Å². The van der Waals surface area contributed by atoms with Crippen molar-refractivity contribution in [3.05, 3.63) is 35.1 Å². The molecule has 0 aromatic heterocycles. The summed E-state index contributed by atoms with van der Waals surface area (Å²) in [6.45, 7) is 6.29. The largest absolute Gasteiger partial charge is 0.204 e. The average molecular weight is 316 g/mol. The van der Waals surface area contributed by atoms with Gasteiger partial charge in [0, 0.05) is 0 Å². The number of aryl methyl sites for hydroxylation is 1. The van der Waals surface area contributed by atoms with E-state index in [1.54, 1.807) is 6.92 Å². The highest BCUT2D eigenvalue weighted by Gasteiger charge is 2.08. The van der Waals surface area contributed by atoms with Gasteiger partial charge >= 0.3 is 0 Å². The molecular formula is C19H31F3. The van der Waals surface area contributed by atoms with Crippen LogP contribution in [-0.4, -0.2) is 0 Å². The standard InChI is InChI=1S/C11H24.C8H7F3/c1-3-5-7-9-11-10-8-6-4-2;1-2-5-3-6(9)8(11)7(10)4-5/h3-11H2,1-2H3;3-4H,2H2,1H3. The van der Waals surface area contributed by atoms with Crippen molar-refractivity contribution in [3.63, 3.8) is 0 Å². The molecule has 0 aliphatic rings. The third kappa shape index (κ3) is 9.86. The van der Waals surface area contributed by atoms with E-state index in [4.69, 9.17) is 0 Å². The molecule has 0 bridgehead atoms. The van der Waals surface area contributed by atoms with Crippen LogP contribution in [0, 0.1) is 17.5 Å². The van der Waals surface area contributed by atoms with Gasteiger partial charge in [0.2, 0.25) is 0 Å². The molecule has 0 radical (unpaired) electrons. The van der Waals surface area contributed by atoms with Crippen molar-refractivity contribution in [2.75, 3.05) is 0 Å². The molecule has 0 atom stereocenters. The highest BCUT2D eigenvalue weighted by molar-refractivity contribution is 5.19. The van der Waals surface area contributed by atoms with E-state index in [2.05, 4.69) is 13.8 Å². The van der Waals surface area contributed by atoms with E-state index in [0.717, 1.165) is 12.1 Å². The number of benzene rings is 1. The first-order valence-corrected chi connectivity index (χ1v) is 8.70. The van der Waals surface area contributed by atoms with Gasteiger partial charge in [-0.15, -0.1) is 0 Å². The van der Waals surface area contributed by atoms with Crippen LogP contribution in [0.3, 0.4) is 0 Å². The number of unbranched alkanes of at least 4 members (excludes halogenated alkanes) is 8. The first kappa shape index (κ1) is 21.0. The van der Waals surface area contributed by atoms with E-state index < -0.39 is 17.5 Å². The molecule has 22 heavy (non-hydrogen) atoms. The average Bonchev–Trinajstić information content (AvgIpc) is 2.52. The van der Waals surface area contributed by atoms with Crippen LogP contribution in [0.5, 0.6) is 0 Å². The fourth-order valence-electron chi connectivity index (χ4n) is 2.20. The molecule has 0 aliphatic carbocycles. The Bertz CT molecular complexity index is 357. The van der Waals surface area contributed by atoms with Gasteiger partial charge in [-0.2, -0.15) is 0 Å². The highest BCUT2D eigenvalue weighted by atomic mass is 19.2. The number of rotatable bonds is 9. The maximum atomic E-state index is 12.4. The van der Waals surface area contributed by atoms with Crippen molar-refractivity contribution in [1.29, 1.82) is 0 Å². The van der Waals surface area contributed by atoms with Crippen LogP contribution in [0.2, 0.25) is 0 Å². The number of hydrogen-bond donors (Lipinski definition) is 0. The van der Waals surface area contributed by atoms with Gasteiger partial charge in [0.15, 0.2) is 17.5 Å². The molecule has 1 rings (SSSR count). The van der Waals surface area contributed by atoms with Crippen molar-refractivity contribution in [1.82, 2.24) is 0 Å². The predicted molar refractivity (Wildman–Crippen MR) is 88.6 cm³/mol. The summed E-state index contributed by atoms with van der Waals surface area (Å²) in [7, 11) is 0. The van der Waals surface area contributed by atoms with E-state index in [0.29, 0.717) is 12.0 Å². The summed E-state index contributed by atoms with van der Waals surface area (Å²) in [5, 5.41) is 0. The summed E-state index contributed by atoms with van der Waals surface area (Å²) in [6.07, 6.45) is 13.4. The Kier molecular flexibility index (Phi) is 13.0. The first-order chi connectivity index (χ1) is 10.6. The molecule has 0 N–H and O–H groups in total. The monoisotopic (exact) mass is 316 g/mol. The zero-order valence-electron chi connectivity index (χ0n) is 14.4. The topological polar surface area (TPSA) is 0 Å². The van der Waals surface area contributed by atoms with Gasteiger partial charge in [0.1, 0.15) is 0 Å². The van der Waals surface area contributed by atoms with Crippen molar-refractivity contribution in [3.8, 4) is 0 Å². The van der Waals surface area contributed by atoms with E-state index >= 15 is 0 Å². The number of halogens is 3. The summed E-state index contributed by atoms with van der Waals surface area (Å²) in [6, 6.07) is 2.00. The Morgan fingerprint density at radius 3 is 1.32 bits per heavy atom. The Morgan fingerprint density at radius 1 is 0.636 bits per heavy atom. The van der Waals surface area contributed by atoms with Crippen LogP contribution in [-0.2, 0) is 6.42 Å². The van der Waals surface area contributed by atoms with Crippen molar-refractivity contribution < 1.29 is 13.2 Å². The zero-order chi connectivity index (χ0) is 16.8. The van der Waals surface area contributed by atoms with Gasteiger partial charge in [0.25, 0.3) is 0 Å². The Labute approximate surface area is 134 Å². The van der Waals surface area contributed by atoms with Gasteiger partial charge in [-0.05, 0) is 24.1 Å². The smallest absolute Gasteiger partial charge is 0.194 e. The van der Waals surface area contributed by atoms with Crippen molar-refractivity contribution in [2.24, 2.45) is 0 Å². The van der Waals surface area contributed by atoms with Crippen molar-refractivity contribution in [2.45, 2.75) is 85.0 Å². The fraction of sp³-hybridized carbons (Fsp3) is 0.684. The van der Waals surface area contributed by atoms with Gasteiger partial charge in [0.05, 0.1) is 0 Å². The molecule has 3 heteroatoms. The minimum absolute atomic E-state index is 0.460. The lowest BCUT2D eigenvalue weighted by Gasteiger charge is -1.98. The first-order valence-electron chi connectivity index (χ1n) is 8.70. The predicted octanol–water partition coefficient (Wildman–Crippen LogP) is 7.20. The minimum atomic E-state index is -1.40. The maximum Gasteiger partial charge on any atom is 0.194 e. The third-order valence-corrected chi connectivity index (χ3v) is 3.66. The van der Waals surface area contributed by atoms with Crippen LogP contribution in [0.15, 0.2) is 12.1 Å². The second-order valence-electron chi connectivity index (χ2n) is 5.70. The van der Waals surface area contributed by atoms with Gasteiger partial charge in [-0.3, -0.25) is 0 Å². The quantitative estimate of drug-likeness (QED) is 0.333. The molecule has 0 heterocycles. The van der Waals surface area contributed by atoms with Crippen LogP contribution in [0.25, 0.3) is 0 Å². The molecule has 1 aromatic carbocycles. The molecular weight excluding hydrogens is 285 g/mol. The zero-order valence-corrected chi connectivity index (χ0v) is 14.4. The summed E-state index contributed by atoms with van der Waals surface area (Å²) >= 11 is 0. The van der Waals surface area contributed by atoms with E-state index in [1.165, 1.54) is 57.8 Å². The van der Waals surface area contributed by atoms with E-state index in [9.17, 15) is 13.2 Å². The summed E-state index contributed by atoms with van der Waals surface area (Å²) in [5.74, 6) is -3.65. The molecule has 1 aromatic rings. The fourth-order valence-corrected chi connectivity index (χ4v) is 2.20. The summed E-state index contributed by atoms with van der Waals surface area (Å²) in [5.41, 5.74) is 0.460. The van der Waals surface area contributed by atoms with Gasteiger partial charge in [-0.25, -0.2) is 13.2 Å². The molecule has 0 saturated heterocycles. The molecule has 0 unspecified atom stereocenters. The van der Waals surface area contributed by atoms with Crippen molar-refractivity contribution >= 4 is 0 Å². The lowest BCUT2D eigenvalue weighted by atomic mass is 10.1. The highest BCUT2D eigenvalue weighted by Crippen LogP contribution is 2.13. The van der Waals surface area contributed by atoms with Gasteiger partial charge < -0.3 is 0 Å². The maximum absolute atomic E-state index is 12.4. The van der Waals surface area contributed by atoms with E-state index in [-0.39, 0.29) is 0 Å². The second kappa shape index (κ2) is 13.7. The lowest BCUT2D eigenvalue weighted by molar-refractivity contribution is 0.445. The molecule has 0 saturated carbocycles. The molecule has 0 aliphatic heterocycles. The molecule has 0 spiro atoms. The molecule has 0 amide bonds. The minimum Gasteiger partial charge on any atom is -0.204 e. The van der Waals surface area contributed by atoms with Crippen LogP contribution < -0.4 is 0 Å². The Balaban J connectivity index is 0.000000401. The van der Waals surface area contributed by atoms with E-state index in [1.807, 2.05) is 0 Å². The van der Waals surface area contributed by atoms with Crippen LogP contribution in [0.4, 0.5) is 13.2 Å². The normalized spacial score (nSPS) is 10.3. The summed E-state index contributed by atoms with van der Waals surface area (Å²) < 4.78 is 37.1.